The van der Waals surface area contributed by atoms with Crippen molar-refractivity contribution in [1.82, 2.24) is 14.9 Å². The van der Waals surface area contributed by atoms with Crippen LogP contribution in [0.25, 0.3) is 10.9 Å². The highest BCUT2D eigenvalue weighted by Crippen LogP contribution is 2.39. The molecule has 234 valence electrons. The molecule has 0 saturated carbocycles. The zero-order chi connectivity index (χ0) is 32.0. The lowest BCUT2D eigenvalue weighted by Gasteiger charge is -2.24. The van der Waals surface area contributed by atoms with Crippen LogP contribution in [0.2, 0.25) is 0 Å². The van der Waals surface area contributed by atoms with Crippen LogP contribution in [0, 0.1) is 11.6 Å². The van der Waals surface area contributed by atoms with Crippen LogP contribution >= 0.6 is 0 Å². The van der Waals surface area contributed by atoms with E-state index in [9.17, 15) is 13.6 Å². The van der Waals surface area contributed by atoms with Gasteiger partial charge in [-0.05, 0) is 32.9 Å². The van der Waals surface area contributed by atoms with E-state index in [0.717, 1.165) is 12.1 Å². The maximum absolute atomic E-state index is 15.1. The summed E-state index contributed by atoms with van der Waals surface area (Å²) in [5.74, 6) is -2.43. The Labute approximate surface area is 250 Å². The molecule has 0 radical (unpaired) electrons. The number of pyridine rings is 2. The summed E-state index contributed by atoms with van der Waals surface area (Å²) < 4.78 is 82.3. The molecule has 44 heavy (non-hydrogen) atoms. The molecule has 4 aromatic rings. The summed E-state index contributed by atoms with van der Waals surface area (Å²) in [6, 6.07) is 7.58. The number of aromatic nitrogens is 2. The summed E-state index contributed by atoms with van der Waals surface area (Å²) >= 11 is 0. The number of hydrogen-bond acceptors (Lipinski definition) is 9. The van der Waals surface area contributed by atoms with Gasteiger partial charge in [0.1, 0.15) is 23.6 Å². The van der Waals surface area contributed by atoms with Crippen molar-refractivity contribution >= 4 is 28.4 Å². The predicted octanol–water partition coefficient (Wildman–Crippen LogP) is 7.30. The summed E-state index contributed by atoms with van der Waals surface area (Å²) in [5.41, 5.74) is -0.385. The molecule has 14 heteroatoms. The van der Waals surface area contributed by atoms with Crippen LogP contribution in [0.5, 0.6) is 28.7 Å². The standard InChI is InChI=1S/C30H30F4N4O6/c1-30(2,3)44-29(39)38(4)10-11-41-26-15-21-18(14-25(26)40-5)23(7-9-36-21)42-27-19(31)12-17(13-20(27)32)37-22-16-35-8-6-24(22)43-28(33)34/h6-9,12-16,28,37H,10-11H2,1-5H3. The molecule has 0 aliphatic heterocycles. The normalized spacial score (nSPS) is 11.3. The van der Waals surface area contributed by atoms with Crippen LogP contribution in [0.1, 0.15) is 20.8 Å². The molecule has 4 rings (SSSR count). The van der Waals surface area contributed by atoms with Crippen molar-refractivity contribution in [2.45, 2.75) is 33.0 Å². The van der Waals surface area contributed by atoms with E-state index in [1.54, 1.807) is 40.0 Å². The second kappa shape index (κ2) is 13.5. The lowest BCUT2D eigenvalue weighted by molar-refractivity contribution is -0.0494. The van der Waals surface area contributed by atoms with Gasteiger partial charge < -0.3 is 33.9 Å². The van der Waals surface area contributed by atoms with Gasteiger partial charge in [-0.2, -0.15) is 8.78 Å². The smallest absolute Gasteiger partial charge is 0.410 e. The highest BCUT2D eigenvalue weighted by molar-refractivity contribution is 5.88. The fourth-order valence-corrected chi connectivity index (χ4v) is 3.88. The van der Waals surface area contributed by atoms with Crippen LogP contribution < -0.4 is 24.3 Å². The number of carbonyl (C=O) groups excluding carboxylic acids is 1. The first-order chi connectivity index (χ1) is 20.8. The molecule has 0 aliphatic rings. The summed E-state index contributed by atoms with van der Waals surface area (Å²) in [7, 11) is 3.00. The molecule has 0 atom stereocenters. The highest BCUT2D eigenvalue weighted by atomic mass is 19.3. The molecule has 0 aliphatic carbocycles. The van der Waals surface area contributed by atoms with Crippen molar-refractivity contribution in [1.29, 1.82) is 0 Å². The zero-order valence-electron chi connectivity index (χ0n) is 24.5. The fourth-order valence-electron chi connectivity index (χ4n) is 3.88. The third kappa shape index (κ3) is 8.08. The SMILES string of the molecule is COc1cc2c(Oc3c(F)cc(Nc4cnccc4OC(F)F)cc3F)ccnc2cc1OCCN(C)C(=O)OC(C)(C)C. The van der Waals surface area contributed by atoms with Crippen LogP contribution in [0.4, 0.5) is 33.7 Å². The molecule has 0 saturated heterocycles. The first-order valence-corrected chi connectivity index (χ1v) is 13.2. The van der Waals surface area contributed by atoms with Gasteiger partial charge in [-0.3, -0.25) is 9.97 Å². The number of benzene rings is 2. The Kier molecular flexibility index (Phi) is 9.81. The van der Waals surface area contributed by atoms with Crippen molar-refractivity contribution in [3.05, 3.63) is 66.6 Å². The van der Waals surface area contributed by atoms with Gasteiger partial charge in [-0.15, -0.1) is 0 Å². The number of halogens is 4. The lowest BCUT2D eigenvalue weighted by atomic mass is 10.1. The van der Waals surface area contributed by atoms with Crippen molar-refractivity contribution in [2.24, 2.45) is 0 Å². The van der Waals surface area contributed by atoms with Crippen LogP contribution in [-0.2, 0) is 4.74 Å². The van der Waals surface area contributed by atoms with Crippen LogP contribution in [-0.4, -0.2) is 60.5 Å². The number of likely N-dealkylation sites (N-methyl/N-ethyl adjacent to an activating group) is 1. The Morgan fingerprint density at radius 1 is 1.00 bits per heavy atom. The van der Waals surface area contributed by atoms with E-state index in [1.165, 1.54) is 42.7 Å². The monoisotopic (exact) mass is 618 g/mol. The number of fused-ring (bicyclic) bond motifs is 1. The predicted molar refractivity (Wildman–Crippen MR) is 153 cm³/mol. The Bertz CT molecular complexity index is 1610. The molecule has 1 amide bonds. The van der Waals surface area contributed by atoms with Gasteiger partial charge in [-0.1, -0.05) is 0 Å². The van der Waals surface area contributed by atoms with E-state index in [4.69, 9.17) is 18.9 Å². The summed E-state index contributed by atoms with van der Waals surface area (Å²) in [4.78, 5) is 21.7. The number of nitrogens with one attached hydrogen (secondary N) is 1. The number of hydrogen-bond donors (Lipinski definition) is 1. The minimum absolute atomic E-state index is 0.0259. The number of carbonyl (C=O) groups is 1. The minimum Gasteiger partial charge on any atom is -0.493 e. The highest BCUT2D eigenvalue weighted by Gasteiger charge is 2.21. The molecular weight excluding hydrogens is 588 g/mol. The van der Waals surface area contributed by atoms with Gasteiger partial charge in [0.15, 0.2) is 34.6 Å². The summed E-state index contributed by atoms with van der Waals surface area (Å²) in [6.45, 7) is 2.53. The number of amides is 1. The average Bonchev–Trinajstić information content (AvgIpc) is 2.94. The Balaban J connectivity index is 1.52. The Morgan fingerprint density at radius 2 is 1.70 bits per heavy atom. The molecule has 2 aromatic heterocycles. The Hall–Kier alpha value is -5.01. The number of methoxy groups -OCH3 is 1. The molecule has 0 spiro atoms. The topological polar surface area (TPSA) is 104 Å². The molecule has 0 bridgehead atoms. The van der Waals surface area contributed by atoms with Gasteiger partial charge in [0.25, 0.3) is 0 Å². The Morgan fingerprint density at radius 3 is 2.36 bits per heavy atom. The average molecular weight is 619 g/mol. The van der Waals surface area contributed by atoms with Crippen molar-refractivity contribution in [3.63, 3.8) is 0 Å². The second-order valence-electron chi connectivity index (χ2n) is 10.3. The van der Waals surface area contributed by atoms with E-state index >= 15 is 8.78 Å². The number of alkyl halides is 2. The lowest BCUT2D eigenvalue weighted by Crippen LogP contribution is -2.36. The first-order valence-electron chi connectivity index (χ1n) is 13.2. The molecule has 0 unspecified atom stereocenters. The summed E-state index contributed by atoms with van der Waals surface area (Å²) in [6.07, 6.45) is 3.30. The van der Waals surface area contributed by atoms with Crippen molar-refractivity contribution in [2.75, 3.05) is 32.6 Å². The number of ether oxygens (including phenoxy) is 5. The van der Waals surface area contributed by atoms with E-state index in [1.807, 2.05) is 0 Å². The molecule has 10 nitrogen and oxygen atoms in total. The van der Waals surface area contributed by atoms with Gasteiger partial charge in [-0.25, -0.2) is 13.6 Å². The number of rotatable bonds is 11. The van der Waals surface area contributed by atoms with Gasteiger partial charge in [0.2, 0.25) is 0 Å². The van der Waals surface area contributed by atoms with Gasteiger partial charge >= 0.3 is 12.7 Å². The van der Waals surface area contributed by atoms with Crippen LogP contribution in [0.3, 0.4) is 0 Å². The number of anilines is 2. The molecule has 2 heterocycles. The van der Waals surface area contributed by atoms with E-state index in [0.29, 0.717) is 16.7 Å². The molecule has 0 fully saturated rings. The third-order valence-electron chi connectivity index (χ3n) is 5.86. The third-order valence-corrected chi connectivity index (χ3v) is 5.86. The quantitative estimate of drug-likeness (QED) is 0.173. The van der Waals surface area contributed by atoms with Crippen molar-refractivity contribution in [3.8, 4) is 28.7 Å². The zero-order valence-corrected chi connectivity index (χ0v) is 24.5. The van der Waals surface area contributed by atoms with Crippen LogP contribution in [0.15, 0.2) is 55.0 Å². The molecule has 1 N–H and O–H groups in total. The largest absolute Gasteiger partial charge is 0.493 e. The van der Waals surface area contributed by atoms with E-state index in [2.05, 4.69) is 20.0 Å². The molecular formula is C30H30F4N4O6. The van der Waals surface area contributed by atoms with Crippen molar-refractivity contribution < 1.29 is 46.0 Å². The second-order valence-corrected chi connectivity index (χ2v) is 10.3. The fraction of sp³-hybridized carbons (Fsp3) is 0.300. The maximum Gasteiger partial charge on any atom is 0.410 e. The molecule has 2 aromatic carbocycles. The summed E-state index contributed by atoms with van der Waals surface area (Å²) in [5, 5.41) is 2.98. The van der Waals surface area contributed by atoms with E-state index < -0.39 is 35.7 Å². The number of nitrogens with zero attached hydrogens (tertiary/aromatic N) is 3. The first kappa shape index (κ1) is 31.9. The van der Waals surface area contributed by atoms with Gasteiger partial charge in [0, 0.05) is 54.8 Å². The van der Waals surface area contributed by atoms with Gasteiger partial charge in [0.05, 0.1) is 25.4 Å². The minimum atomic E-state index is -3.11. The van der Waals surface area contributed by atoms with E-state index in [-0.39, 0.29) is 41.8 Å². The maximum atomic E-state index is 15.1.